The molecule has 0 N–H and O–H groups in total. The Bertz CT molecular complexity index is 3530. The van der Waals surface area contributed by atoms with Crippen molar-refractivity contribution in [1.82, 2.24) is 4.57 Å². The van der Waals surface area contributed by atoms with Gasteiger partial charge in [0, 0.05) is 44.2 Å². The first-order valence-corrected chi connectivity index (χ1v) is 20.8. The molecule has 0 atom stereocenters. The van der Waals surface area contributed by atoms with Crippen LogP contribution in [0.1, 0.15) is 0 Å². The van der Waals surface area contributed by atoms with Gasteiger partial charge in [0.1, 0.15) is 11.2 Å². The van der Waals surface area contributed by atoms with Crippen LogP contribution >= 0.6 is 0 Å². The van der Waals surface area contributed by atoms with Crippen molar-refractivity contribution in [2.24, 2.45) is 0 Å². The van der Waals surface area contributed by atoms with Crippen LogP contribution in [-0.2, 0) is 0 Å². The van der Waals surface area contributed by atoms with Gasteiger partial charge in [0.2, 0.25) is 0 Å². The van der Waals surface area contributed by atoms with Crippen molar-refractivity contribution < 1.29 is 4.42 Å². The Hall–Kier alpha value is -8.14. The van der Waals surface area contributed by atoms with Crippen molar-refractivity contribution in [3.8, 4) is 39.1 Å². The van der Waals surface area contributed by atoms with Crippen molar-refractivity contribution in [3.63, 3.8) is 0 Å². The second kappa shape index (κ2) is 14.3. The number of benzene rings is 10. The summed E-state index contributed by atoms with van der Waals surface area (Å²) in [6.45, 7) is 0. The van der Waals surface area contributed by atoms with Gasteiger partial charge in [-0.15, -0.1) is 0 Å². The number of aromatic nitrogens is 1. The molecular formula is C58H38N2O. The Morgan fingerprint density at radius 2 is 0.885 bits per heavy atom. The molecule has 286 valence electrons. The number of nitrogens with zero attached hydrogens (tertiary/aromatic N) is 2. The van der Waals surface area contributed by atoms with E-state index in [1.54, 1.807) is 0 Å². The molecule has 61 heavy (non-hydrogen) atoms. The van der Waals surface area contributed by atoms with Crippen LogP contribution in [0.5, 0.6) is 0 Å². The van der Waals surface area contributed by atoms with Crippen LogP contribution < -0.4 is 4.90 Å². The van der Waals surface area contributed by atoms with Gasteiger partial charge in [-0.05, 0) is 105 Å². The molecule has 0 aliphatic heterocycles. The van der Waals surface area contributed by atoms with Crippen LogP contribution in [0.15, 0.2) is 235 Å². The lowest BCUT2D eigenvalue weighted by Crippen LogP contribution is -2.11. The summed E-state index contributed by atoms with van der Waals surface area (Å²) in [6, 6.07) is 83.0. The summed E-state index contributed by atoms with van der Waals surface area (Å²) in [5, 5.41) is 7.25. The summed E-state index contributed by atoms with van der Waals surface area (Å²) in [5.41, 5.74) is 15.4. The number of fused-ring (bicyclic) bond motifs is 7. The lowest BCUT2D eigenvalue weighted by Gasteiger charge is -2.28. The maximum absolute atomic E-state index is 6.40. The highest BCUT2D eigenvalue weighted by Gasteiger charge is 2.20. The Kier molecular flexibility index (Phi) is 8.17. The molecule has 0 saturated carbocycles. The first-order chi connectivity index (χ1) is 30.2. The minimum absolute atomic E-state index is 0.879. The third-order valence-electron chi connectivity index (χ3n) is 12.2. The number of hydrogen-bond donors (Lipinski definition) is 0. The van der Waals surface area contributed by atoms with E-state index in [-0.39, 0.29) is 0 Å². The minimum atomic E-state index is 0.879. The highest BCUT2D eigenvalue weighted by atomic mass is 16.3. The van der Waals surface area contributed by atoms with E-state index in [0.717, 1.165) is 61.4 Å². The average Bonchev–Trinajstić information content (AvgIpc) is 3.88. The lowest BCUT2D eigenvalue weighted by molar-refractivity contribution is 0.669. The molecule has 10 aromatic carbocycles. The van der Waals surface area contributed by atoms with Gasteiger partial charge in [0.25, 0.3) is 0 Å². The van der Waals surface area contributed by atoms with Gasteiger partial charge >= 0.3 is 0 Å². The molecule has 0 radical (unpaired) electrons. The number of anilines is 3. The maximum Gasteiger partial charge on any atom is 0.136 e. The standard InChI is InChI=1S/C58H38N2O/c1-2-17-47-41(13-1)14-11-22-48(47)42-29-27-39(28-30-42)40-31-34-44(35-32-40)59(45-15-12-16-46(38-45)60-55-24-8-4-19-50(55)51-20-5-9-25-56(51)60)54-23-7-3-18-49(54)43-33-36-53-52-21-6-10-26-57(52)61-58(53)37-43/h1-38H. The van der Waals surface area contributed by atoms with E-state index in [4.69, 9.17) is 4.42 Å². The molecule has 0 bridgehead atoms. The highest BCUT2D eigenvalue weighted by Crippen LogP contribution is 2.44. The molecule has 2 aromatic heterocycles. The topological polar surface area (TPSA) is 21.3 Å². The molecule has 0 unspecified atom stereocenters. The van der Waals surface area contributed by atoms with Crippen molar-refractivity contribution in [1.29, 1.82) is 0 Å². The van der Waals surface area contributed by atoms with Crippen LogP contribution in [-0.4, -0.2) is 4.57 Å². The second-order valence-electron chi connectivity index (χ2n) is 15.7. The zero-order valence-electron chi connectivity index (χ0n) is 33.2. The molecule has 0 fully saturated rings. The predicted octanol–water partition coefficient (Wildman–Crippen LogP) is 16.3. The van der Waals surface area contributed by atoms with Gasteiger partial charge in [0.15, 0.2) is 0 Å². The van der Waals surface area contributed by atoms with Crippen molar-refractivity contribution >= 4 is 71.6 Å². The van der Waals surface area contributed by atoms with Crippen molar-refractivity contribution in [2.45, 2.75) is 0 Å². The third kappa shape index (κ3) is 5.90. The molecular weight excluding hydrogens is 741 g/mol. The fourth-order valence-corrected chi connectivity index (χ4v) is 9.33. The van der Waals surface area contributed by atoms with Gasteiger partial charge < -0.3 is 13.9 Å². The maximum atomic E-state index is 6.40. The van der Waals surface area contributed by atoms with Crippen molar-refractivity contribution in [3.05, 3.63) is 231 Å². The summed E-state index contributed by atoms with van der Waals surface area (Å²) in [4.78, 5) is 2.39. The van der Waals surface area contributed by atoms with E-state index < -0.39 is 0 Å². The SMILES string of the molecule is c1cc(N(c2ccc(-c3ccc(-c4cccc5ccccc45)cc3)cc2)c2ccccc2-c2ccc3c(c2)oc2ccccc23)cc(-n2c3ccccc3c3ccccc32)c1. The van der Waals surface area contributed by atoms with Gasteiger partial charge in [-0.2, -0.15) is 0 Å². The van der Waals surface area contributed by atoms with E-state index >= 15 is 0 Å². The zero-order chi connectivity index (χ0) is 40.3. The van der Waals surface area contributed by atoms with Crippen molar-refractivity contribution in [2.75, 3.05) is 4.90 Å². The predicted molar refractivity (Wildman–Crippen MR) is 257 cm³/mol. The van der Waals surface area contributed by atoms with Crippen LogP contribution in [0.3, 0.4) is 0 Å². The fraction of sp³-hybridized carbons (Fsp3) is 0. The molecule has 0 aliphatic carbocycles. The third-order valence-corrected chi connectivity index (χ3v) is 12.2. The van der Waals surface area contributed by atoms with E-state index in [9.17, 15) is 0 Å². The molecule has 0 saturated heterocycles. The number of para-hydroxylation sites is 4. The molecule has 0 spiro atoms. The largest absolute Gasteiger partial charge is 0.456 e. The average molecular weight is 779 g/mol. The Labute approximate surface area is 353 Å². The molecule has 3 nitrogen and oxygen atoms in total. The molecule has 12 rings (SSSR count). The first-order valence-electron chi connectivity index (χ1n) is 20.8. The van der Waals surface area contributed by atoms with Crippen LogP contribution in [0.2, 0.25) is 0 Å². The lowest BCUT2D eigenvalue weighted by atomic mass is 9.96. The molecule has 0 amide bonds. The Morgan fingerprint density at radius 3 is 1.67 bits per heavy atom. The normalized spacial score (nSPS) is 11.6. The highest BCUT2D eigenvalue weighted by molar-refractivity contribution is 6.09. The zero-order valence-corrected chi connectivity index (χ0v) is 33.2. The summed E-state index contributed by atoms with van der Waals surface area (Å²) in [5.74, 6) is 0. The summed E-state index contributed by atoms with van der Waals surface area (Å²) in [6.07, 6.45) is 0. The van der Waals surface area contributed by atoms with E-state index in [1.807, 2.05) is 12.1 Å². The monoisotopic (exact) mass is 778 g/mol. The smallest absolute Gasteiger partial charge is 0.136 e. The first kappa shape index (κ1) is 34.9. The van der Waals surface area contributed by atoms with Gasteiger partial charge in [-0.3, -0.25) is 0 Å². The quantitative estimate of drug-likeness (QED) is 0.161. The number of hydrogen-bond acceptors (Lipinski definition) is 2. The summed E-state index contributed by atoms with van der Waals surface area (Å²) in [7, 11) is 0. The minimum Gasteiger partial charge on any atom is -0.456 e. The molecule has 0 aliphatic rings. The van der Waals surface area contributed by atoms with Gasteiger partial charge in [0.05, 0.1) is 16.7 Å². The fourth-order valence-electron chi connectivity index (χ4n) is 9.33. The van der Waals surface area contributed by atoms with Crippen LogP contribution in [0.4, 0.5) is 17.1 Å². The van der Waals surface area contributed by atoms with Gasteiger partial charge in [-0.1, -0.05) is 164 Å². The molecule has 3 heteroatoms. The van der Waals surface area contributed by atoms with Crippen LogP contribution in [0, 0.1) is 0 Å². The molecule has 2 heterocycles. The van der Waals surface area contributed by atoms with E-state index in [0.29, 0.717) is 0 Å². The van der Waals surface area contributed by atoms with E-state index in [1.165, 1.54) is 49.3 Å². The molecule has 12 aromatic rings. The Morgan fingerprint density at radius 1 is 0.328 bits per heavy atom. The van der Waals surface area contributed by atoms with Crippen LogP contribution in [0.25, 0.3) is 93.6 Å². The second-order valence-corrected chi connectivity index (χ2v) is 15.7. The summed E-state index contributed by atoms with van der Waals surface area (Å²) < 4.78 is 8.79. The number of rotatable bonds is 7. The van der Waals surface area contributed by atoms with Gasteiger partial charge in [-0.25, -0.2) is 0 Å². The number of furan rings is 1. The Balaban J connectivity index is 0.989. The van der Waals surface area contributed by atoms with E-state index in [2.05, 4.69) is 228 Å². The summed E-state index contributed by atoms with van der Waals surface area (Å²) >= 11 is 0.